The number of anilines is 2. The Morgan fingerprint density at radius 1 is 0.857 bits per heavy atom. The van der Waals surface area contributed by atoms with Crippen molar-refractivity contribution < 1.29 is 18.4 Å². The molecule has 0 spiro atoms. The first-order valence-corrected chi connectivity index (χ1v) is 9.33. The summed E-state index contributed by atoms with van der Waals surface area (Å²) >= 11 is 9.03. The molecule has 2 aromatic carbocycles. The first-order chi connectivity index (χ1) is 13.5. The third-order valence-electron chi connectivity index (χ3n) is 3.94. The molecule has 8 heteroatoms. The lowest BCUT2D eigenvalue weighted by molar-refractivity contribution is 0.0995. The van der Waals surface area contributed by atoms with Crippen molar-refractivity contribution in [2.75, 3.05) is 10.6 Å². The largest absolute Gasteiger partial charge is 0.449 e. The highest BCUT2D eigenvalue weighted by atomic mass is 79.9. The van der Waals surface area contributed by atoms with Crippen LogP contribution >= 0.6 is 27.5 Å². The average Bonchev–Trinajstić information content (AvgIpc) is 3.28. The van der Waals surface area contributed by atoms with E-state index in [4.69, 9.17) is 20.4 Å². The second-order valence-electron chi connectivity index (χ2n) is 5.82. The van der Waals surface area contributed by atoms with Crippen molar-refractivity contribution in [1.82, 2.24) is 0 Å². The van der Waals surface area contributed by atoms with E-state index in [1.807, 2.05) is 0 Å². The van der Waals surface area contributed by atoms with Gasteiger partial charge in [0.1, 0.15) is 11.3 Å². The van der Waals surface area contributed by atoms with Crippen LogP contribution in [0.5, 0.6) is 0 Å². The molecule has 0 fully saturated rings. The van der Waals surface area contributed by atoms with Crippen LogP contribution in [0.3, 0.4) is 0 Å². The summed E-state index contributed by atoms with van der Waals surface area (Å²) in [6, 6.07) is 16.8. The number of furan rings is 2. The number of amides is 2. The number of nitrogens with one attached hydrogen (secondary N) is 2. The molecule has 0 atom stereocenters. The van der Waals surface area contributed by atoms with Crippen LogP contribution in [0.25, 0.3) is 11.0 Å². The molecule has 0 aliphatic carbocycles. The van der Waals surface area contributed by atoms with E-state index in [1.54, 1.807) is 54.6 Å². The fraction of sp³-hybridized carbons (Fsp3) is 0. The van der Waals surface area contributed by atoms with Crippen molar-refractivity contribution in [3.05, 3.63) is 81.9 Å². The van der Waals surface area contributed by atoms with E-state index in [0.29, 0.717) is 26.3 Å². The lowest BCUT2D eigenvalue weighted by atomic mass is 10.2. The number of carbonyl (C=O) groups is 2. The molecule has 2 amide bonds. The Bertz CT molecular complexity index is 1180. The predicted octanol–water partition coefficient (Wildman–Crippen LogP) is 5.95. The number of hydrogen-bond donors (Lipinski definition) is 2. The van der Waals surface area contributed by atoms with E-state index in [1.165, 1.54) is 6.07 Å². The molecular formula is C20H12BrClN2O4. The molecular weight excluding hydrogens is 448 g/mol. The van der Waals surface area contributed by atoms with E-state index in [-0.39, 0.29) is 17.2 Å². The summed E-state index contributed by atoms with van der Waals surface area (Å²) in [4.78, 5) is 25.3. The Hall–Kier alpha value is -3.03. The molecule has 4 rings (SSSR count). The topological polar surface area (TPSA) is 84.5 Å². The number of carbonyl (C=O) groups excluding carboxylic acids is 2. The highest BCUT2D eigenvalue weighted by Crippen LogP contribution is 2.32. The van der Waals surface area contributed by atoms with Gasteiger partial charge in [0.2, 0.25) is 5.76 Å². The Morgan fingerprint density at radius 2 is 1.61 bits per heavy atom. The summed E-state index contributed by atoms with van der Waals surface area (Å²) in [6.07, 6.45) is 0. The molecule has 2 heterocycles. The summed E-state index contributed by atoms with van der Waals surface area (Å²) in [5.74, 6) is -0.927. The van der Waals surface area contributed by atoms with Crippen molar-refractivity contribution in [2.45, 2.75) is 0 Å². The molecule has 0 saturated heterocycles. The highest BCUT2D eigenvalue weighted by molar-refractivity contribution is 9.10. The Morgan fingerprint density at radius 3 is 2.32 bits per heavy atom. The van der Waals surface area contributed by atoms with Crippen molar-refractivity contribution in [3.63, 3.8) is 0 Å². The minimum absolute atomic E-state index is 0.0184. The van der Waals surface area contributed by atoms with Gasteiger partial charge in [0, 0.05) is 16.1 Å². The zero-order valence-corrected chi connectivity index (χ0v) is 16.5. The zero-order valence-electron chi connectivity index (χ0n) is 14.2. The number of fused-ring (bicyclic) bond motifs is 1. The van der Waals surface area contributed by atoms with Crippen molar-refractivity contribution in [3.8, 4) is 0 Å². The molecule has 0 saturated carbocycles. The maximum atomic E-state index is 12.8. The van der Waals surface area contributed by atoms with Gasteiger partial charge >= 0.3 is 0 Å². The molecule has 2 N–H and O–H groups in total. The molecule has 0 bridgehead atoms. The van der Waals surface area contributed by atoms with Crippen LogP contribution in [-0.2, 0) is 0 Å². The monoisotopic (exact) mass is 458 g/mol. The number of hydrogen-bond acceptors (Lipinski definition) is 4. The number of benzene rings is 2. The molecule has 140 valence electrons. The molecule has 4 aromatic rings. The minimum atomic E-state index is -0.505. The zero-order chi connectivity index (χ0) is 19.7. The minimum Gasteiger partial charge on any atom is -0.449 e. The van der Waals surface area contributed by atoms with Gasteiger partial charge in [-0.15, -0.1) is 0 Å². The van der Waals surface area contributed by atoms with Crippen LogP contribution in [0.15, 0.2) is 74.2 Å². The lowest BCUT2D eigenvalue weighted by Crippen LogP contribution is -2.16. The van der Waals surface area contributed by atoms with Crippen LogP contribution in [0.1, 0.15) is 21.1 Å². The van der Waals surface area contributed by atoms with Gasteiger partial charge < -0.3 is 19.5 Å². The smallest absolute Gasteiger partial charge is 0.293 e. The fourth-order valence-corrected chi connectivity index (χ4v) is 3.09. The van der Waals surface area contributed by atoms with Gasteiger partial charge in [-0.25, -0.2) is 0 Å². The van der Waals surface area contributed by atoms with Crippen molar-refractivity contribution in [2.24, 2.45) is 0 Å². The predicted molar refractivity (Wildman–Crippen MR) is 110 cm³/mol. The summed E-state index contributed by atoms with van der Waals surface area (Å²) in [5, 5.41) is 6.59. The first-order valence-electron chi connectivity index (χ1n) is 8.16. The second-order valence-corrected chi connectivity index (χ2v) is 7.04. The quantitative estimate of drug-likeness (QED) is 0.395. The van der Waals surface area contributed by atoms with Crippen molar-refractivity contribution >= 4 is 61.7 Å². The van der Waals surface area contributed by atoms with Crippen LogP contribution in [-0.4, -0.2) is 11.8 Å². The van der Waals surface area contributed by atoms with Crippen molar-refractivity contribution in [1.29, 1.82) is 0 Å². The van der Waals surface area contributed by atoms with Crippen LogP contribution in [0, 0.1) is 0 Å². The van der Waals surface area contributed by atoms with E-state index >= 15 is 0 Å². The molecule has 0 aliphatic rings. The maximum Gasteiger partial charge on any atom is 0.293 e. The van der Waals surface area contributed by atoms with E-state index in [0.717, 1.165) is 0 Å². The van der Waals surface area contributed by atoms with Gasteiger partial charge in [0.15, 0.2) is 10.4 Å². The maximum absolute atomic E-state index is 12.8. The normalized spacial score (nSPS) is 10.8. The highest BCUT2D eigenvalue weighted by Gasteiger charge is 2.23. The average molecular weight is 460 g/mol. The van der Waals surface area contributed by atoms with Gasteiger partial charge in [-0.1, -0.05) is 23.7 Å². The van der Waals surface area contributed by atoms with Gasteiger partial charge in [0.25, 0.3) is 11.8 Å². The van der Waals surface area contributed by atoms with E-state index in [9.17, 15) is 9.59 Å². The van der Waals surface area contributed by atoms with E-state index in [2.05, 4.69) is 26.6 Å². The molecule has 0 radical (unpaired) electrons. The summed E-state index contributed by atoms with van der Waals surface area (Å²) in [7, 11) is 0. The molecule has 28 heavy (non-hydrogen) atoms. The van der Waals surface area contributed by atoms with Gasteiger partial charge in [-0.2, -0.15) is 0 Å². The number of rotatable bonds is 4. The number of halogens is 2. The standard InChI is InChI=1S/C20H12BrClN2O4/c21-16-10-9-15(27-16)19(25)24-17-13-3-1-2-4-14(13)28-18(17)20(26)23-12-7-5-11(22)6-8-12/h1-10H,(H,23,26)(H,24,25). The van der Waals surface area contributed by atoms with Gasteiger partial charge in [0.05, 0.1) is 0 Å². The molecule has 0 aliphatic heterocycles. The Labute approximate surface area is 172 Å². The van der Waals surface area contributed by atoms with Crippen LogP contribution in [0.4, 0.5) is 11.4 Å². The van der Waals surface area contributed by atoms with E-state index < -0.39 is 11.8 Å². The van der Waals surface area contributed by atoms with Gasteiger partial charge in [-0.05, 0) is 64.5 Å². The van der Waals surface area contributed by atoms with Crippen LogP contribution in [0.2, 0.25) is 5.02 Å². The lowest BCUT2D eigenvalue weighted by Gasteiger charge is -2.06. The fourth-order valence-electron chi connectivity index (χ4n) is 2.66. The SMILES string of the molecule is O=C(Nc1c(C(=O)Nc2ccc(Cl)cc2)oc2ccccc12)c1ccc(Br)o1. The third kappa shape index (κ3) is 3.67. The summed E-state index contributed by atoms with van der Waals surface area (Å²) in [6.45, 7) is 0. The second kappa shape index (κ2) is 7.53. The Kier molecular flexibility index (Phi) is 4.93. The Balaban J connectivity index is 1.69. The number of para-hydroxylation sites is 1. The first kappa shape index (κ1) is 18.3. The summed E-state index contributed by atoms with van der Waals surface area (Å²) in [5.41, 5.74) is 1.28. The van der Waals surface area contributed by atoms with Crippen LogP contribution < -0.4 is 10.6 Å². The molecule has 2 aromatic heterocycles. The van der Waals surface area contributed by atoms with Gasteiger partial charge in [-0.3, -0.25) is 9.59 Å². The molecule has 6 nitrogen and oxygen atoms in total. The summed E-state index contributed by atoms with van der Waals surface area (Å²) < 4.78 is 11.4. The third-order valence-corrected chi connectivity index (χ3v) is 4.62. The molecule has 0 unspecified atom stereocenters.